The standard InChI is InChI=1S/C34H39N7O2.2H2/c1-6-29(42)38-28-18-24(9-8-22(28)3)30-31-33(43-5)27(25(19-35)20-36-7-2)21-37-34(31)39-32(30)23-10-12-26(13-11-23)41-16-14-40(4)15-17-41;;/h6,8-13,18-21H,1,7,14-17,35H2,2-5H3,(H,37,39)(H,38,42);2*1H/b25-19+,36-20?;;. The smallest absolute Gasteiger partial charge is 0.247 e. The molecule has 9 heteroatoms. The lowest BCUT2D eigenvalue weighted by Crippen LogP contribution is -2.44. The number of pyridine rings is 1. The van der Waals surface area contributed by atoms with Crippen molar-refractivity contribution in [2.24, 2.45) is 10.7 Å². The summed E-state index contributed by atoms with van der Waals surface area (Å²) in [5, 5.41) is 3.75. The predicted molar refractivity (Wildman–Crippen MR) is 182 cm³/mol. The van der Waals surface area contributed by atoms with Gasteiger partial charge in [0.15, 0.2) is 0 Å². The fraction of sp³-hybridized carbons (Fsp3) is 0.265. The molecule has 0 bridgehead atoms. The minimum Gasteiger partial charge on any atom is -0.495 e. The summed E-state index contributed by atoms with van der Waals surface area (Å²) in [6.07, 6.45) is 6.28. The number of hydrogen-bond acceptors (Lipinski definition) is 7. The van der Waals surface area contributed by atoms with Crippen LogP contribution in [0.3, 0.4) is 0 Å². The summed E-state index contributed by atoms with van der Waals surface area (Å²) in [7, 11) is 3.81. The molecule has 0 saturated carbocycles. The number of H-pyrrole nitrogens is 1. The van der Waals surface area contributed by atoms with E-state index in [0.29, 0.717) is 29.2 Å². The van der Waals surface area contributed by atoms with E-state index in [-0.39, 0.29) is 8.76 Å². The fourth-order valence-electron chi connectivity index (χ4n) is 5.44. The number of aromatic nitrogens is 2. The number of piperazine rings is 1. The maximum atomic E-state index is 12.2. The summed E-state index contributed by atoms with van der Waals surface area (Å²) in [4.78, 5) is 29.8. The highest BCUT2D eigenvalue weighted by atomic mass is 16.5. The molecule has 5 rings (SSSR count). The Morgan fingerprint density at radius 1 is 1.19 bits per heavy atom. The molecule has 4 aromatic rings. The summed E-state index contributed by atoms with van der Waals surface area (Å²) < 4.78 is 6.06. The number of nitrogens with zero attached hydrogens (tertiary/aromatic N) is 4. The second-order valence-electron chi connectivity index (χ2n) is 10.6. The molecular formula is C34H43N7O2. The van der Waals surface area contributed by atoms with Crippen LogP contribution in [0.1, 0.15) is 20.9 Å². The van der Waals surface area contributed by atoms with Crippen LogP contribution in [0.5, 0.6) is 5.75 Å². The Morgan fingerprint density at radius 2 is 1.91 bits per heavy atom. The highest BCUT2D eigenvalue weighted by Crippen LogP contribution is 2.45. The van der Waals surface area contributed by atoms with Crippen molar-refractivity contribution in [1.82, 2.24) is 14.9 Å². The van der Waals surface area contributed by atoms with Crippen molar-refractivity contribution in [3.8, 4) is 28.1 Å². The molecule has 226 valence electrons. The molecule has 1 saturated heterocycles. The molecule has 2 aromatic carbocycles. The van der Waals surface area contributed by atoms with E-state index in [1.807, 2.05) is 32.0 Å². The van der Waals surface area contributed by atoms with E-state index in [2.05, 4.69) is 63.0 Å². The minimum atomic E-state index is -0.270. The van der Waals surface area contributed by atoms with Crippen LogP contribution in [0.25, 0.3) is 39.0 Å². The number of allylic oxidation sites excluding steroid dienone is 1. The maximum absolute atomic E-state index is 12.2. The number of likely N-dealkylation sites (N-methyl/N-ethyl adjacent to an activating group) is 1. The summed E-state index contributed by atoms with van der Waals surface area (Å²) >= 11 is 0. The van der Waals surface area contributed by atoms with Crippen LogP contribution in [-0.2, 0) is 4.79 Å². The van der Waals surface area contributed by atoms with Crippen LogP contribution in [-0.4, -0.2) is 73.9 Å². The third kappa shape index (κ3) is 6.03. The van der Waals surface area contributed by atoms with E-state index < -0.39 is 0 Å². The van der Waals surface area contributed by atoms with Gasteiger partial charge in [-0.3, -0.25) is 9.79 Å². The van der Waals surface area contributed by atoms with Gasteiger partial charge in [-0.25, -0.2) is 4.98 Å². The number of benzene rings is 2. The molecule has 2 aromatic heterocycles. The van der Waals surface area contributed by atoms with Crippen LogP contribution in [0.4, 0.5) is 11.4 Å². The molecule has 0 unspecified atom stereocenters. The average molecular weight is 582 g/mol. The van der Waals surface area contributed by atoms with Gasteiger partial charge >= 0.3 is 0 Å². The number of nitrogens with two attached hydrogens (primary N) is 1. The monoisotopic (exact) mass is 581 g/mol. The Kier molecular flexibility index (Phi) is 8.92. The molecule has 1 aliphatic heterocycles. The Labute approximate surface area is 255 Å². The highest BCUT2D eigenvalue weighted by Gasteiger charge is 2.24. The molecule has 0 radical (unpaired) electrons. The third-order valence-electron chi connectivity index (χ3n) is 7.88. The van der Waals surface area contributed by atoms with Crippen molar-refractivity contribution in [1.29, 1.82) is 0 Å². The van der Waals surface area contributed by atoms with Crippen molar-refractivity contribution in [3.63, 3.8) is 0 Å². The number of anilines is 2. The number of nitrogens with one attached hydrogen (secondary N) is 2. The quantitative estimate of drug-likeness (QED) is 0.166. The molecule has 3 heterocycles. The Morgan fingerprint density at radius 3 is 2.56 bits per heavy atom. The lowest BCUT2D eigenvalue weighted by molar-refractivity contribution is -0.111. The SMILES string of the molecule is C=CC(=O)Nc1cc(-c2c(-c3ccc(N4CCN(C)CC4)cc3)[nH]c3ncc(/C(C=NCC)=C/N)c(OC)c23)ccc1C.[HH].[HH]. The van der Waals surface area contributed by atoms with Crippen molar-refractivity contribution in [2.45, 2.75) is 13.8 Å². The van der Waals surface area contributed by atoms with Crippen molar-refractivity contribution >= 4 is 40.1 Å². The van der Waals surface area contributed by atoms with Crippen molar-refractivity contribution < 1.29 is 12.4 Å². The number of rotatable bonds is 9. The number of aromatic amines is 1. The van der Waals surface area contributed by atoms with Gasteiger partial charge in [0, 0.05) is 82.3 Å². The number of amides is 1. The number of carbonyl (C=O) groups is 1. The molecule has 9 nitrogen and oxygen atoms in total. The maximum Gasteiger partial charge on any atom is 0.247 e. The van der Waals surface area contributed by atoms with Gasteiger partial charge in [0.1, 0.15) is 11.4 Å². The molecule has 0 atom stereocenters. The van der Waals surface area contributed by atoms with E-state index >= 15 is 0 Å². The lowest BCUT2D eigenvalue weighted by Gasteiger charge is -2.34. The van der Waals surface area contributed by atoms with E-state index in [9.17, 15) is 4.79 Å². The Balaban J connectivity index is 0.00000276. The fourth-order valence-corrected chi connectivity index (χ4v) is 5.44. The molecule has 4 N–H and O–H groups in total. The largest absolute Gasteiger partial charge is 0.495 e. The zero-order chi connectivity index (χ0) is 30.5. The summed E-state index contributed by atoms with van der Waals surface area (Å²) in [6.45, 7) is 12.2. The predicted octanol–water partition coefficient (Wildman–Crippen LogP) is 5.97. The van der Waals surface area contributed by atoms with Crippen LogP contribution in [0.2, 0.25) is 0 Å². The van der Waals surface area contributed by atoms with Gasteiger partial charge in [-0.05, 0) is 61.9 Å². The van der Waals surface area contributed by atoms with Crippen molar-refractivity contribution in [2.75, 3.05) is 57.1 Å². The number of carbonyl (C=O) groups excluding carboxylic acids is 1. The second kappa shape index (κ2) is 13.0. The summed E-state index contributed by atoms with van der Waals surface area (Å²) in [5.41, 5.74) is 14.7. The lowest BCUT2D eigenvalue weighted by atomic mass is 9.95. The number of hydrogen-bond donors (Lipinski definition) is 3. The topological polar surface area (TPSA) is 112 Å². The first kappa shape index (κ1) is 29.6. The molecule has 1 aliphatic rings. The second-order valence-corrected chi connectivity index (χ2v) is 10.6. The summed E-state index contributed by atoms with van der Waals surface area (Å²) in [5.74, 6) is 0.362. The number of methoxy groups -OCH3 is 1. The first-order chi connectivity index (χ1) is 20.9. The van der Waals surface area contributed by atoms with E-state index in [1.54, 1.807) is 19.5 Å². The molecule has 1 fully saturated rings. The van der Waals surface area contributed by atoms with Gasteiger partial charge < -0.3 is 30.6 Å². The van der Waals surface area contributed by atoms with E-state index in [0.717, 1.165) is 65.1 Å². The van der Waals surface area contributed by atoms with Crippen LogP contribution in [0.15, 0.2) is 72.5 Å². The van der Waals surface area contributed by atoms with E-state index in [4.69, 9.17) is 15.5 Å². The molecular weight excluding hydrogens is 538 g/mol. The van der Waals surface area contributed by atoms with Crippen LogP contribution >= 0.6 is 0 Å². The minimum absolute atomic E-state index is 0. The molecule has 43 heavy (non-hydrogen) atoms. The zero-order valence-electron chi connectivity index (χ0n) is 25.3. The number of fused-ring (bicyclic) bond motifs is 1. The molecule has 0 spiro atoms. The number of ether oxygens (including phenoxy) is 1. The van der Waals surface area contributed by atoms with Gasteiger partial charge in [-0.2, -0.15) is 0 Å². The van der Waals surface area contributed by atoms with Gasteiger partial charge in [-0.1, -0.05) is 30.8 Å². The van der Waals surface area contributed by atoms with Crippen LogP contribution < -0.4 is 20.7 Å². The number of aryl methyl sites for hydroxylation is 1. The Bertz CT molecular complexity index is 1710. The van der Waals surface area contributed by atoms with Crippen molar-refractivity contribution in [3.05, 3.63) is 78.6 Å². The van der Waals surface area contributed by atoms with Gasteiger partial charge in [0.2, 0.25) is 5.91 Å². The van der Waals surface area contributed by atoms with Gasteiger partial charge in [0.05, 0.1) is 18.2 Å². The number of aliphatic imine (C=N–C) groups is 1. The normalized spacial score (nSPS) is 14.4. The van der Waals surface area contributed by atoms with Gasteiger partial charge in [0.25, 0.3) is 0 Å². The zero-order valence-corrected chi connectivity index (χ0v) is 25.3. The molecule has 0 aliphatic carbocycles. The highest BCUT2D eigenvalue weighted by molar-refractivity contribution is 6.15. The first-order valence-corrected chi connectivity index (χ1v) is 14.5. The third-order valence-corrected chi connectivity index (χ3v) is 7.88. The van der Waals surface area contributed by atoms with Gasteiger partial charge in [-0.15, -0.1) is 0 Å². The first-order valence-electron chi connectivity index (χ1n) is 14.5. The Hall–Kier alpha value is -4.89. The summed E-state index contributed by atoms with van der Waals surface area (Å²) in [6, 6.07) is 14.7. The van der Waals surface area contributed by atoms with E-state index in [1.165, 1.54) is 18.0 Å². The van der Waals surface area contributed by atoms with Crippen LogP contribution in [0, 0.1) is 6.92 Å². The average Bonchev–Trinajstić information content (AvgIpc) is 3.42. The molecule has 1 amide bonds.